The minimum atomic E-state index is -0.510. The van der Waals surface area contributed by atoms with Crippen molar-refractivity contribution in [2.75, 3.05) is 10.6 Å². The maximum atomic E-state index is 12.3. The molecule has 0 unspecified atom stereocenters. The lowest BCUT2D eigenvalue weighted by molar-refractivity contribution is -0.114. The van der Waals surface area contributed by atoms with Crippen molar-refractivity contribution in [3.8, 4) is 0 Å². The molecule has 7 nitrogen and oxygen atoms in total. The predicted octanol–water partition coefficient (Wildman–Crippen LogP) is 2.93. The number of aromatic nitrogens is 2. The molecule has 2 amide bonds. The molecule has 0 bridgehead atoms. The molecule has 0 aromatic carbocycles. The highest BCUT2D eigenvalue weighted by atomic mass is 32.2. The summed E-state index contributed by atoms with van der Waals surface area (Å²) in [5.74, 6) is -0.757. The van der Waals surface area contributed by atoms with E-state index in [1.165, 1.54) is 30.0 Å². The van der Waals surface area contributed by atoms with Gasteiger partial charge in [0.05, 0.1) is 4.88 Å². The molecular weight excluding hydrogens is 348 g/mol. The molecule has 0 fully saturated rings. The molecule has 0 aliphatic rings. The smallest absolute Gasteiger partial charge is 0.277 e. The Balaban J connectivity index is 2.36. The van der Waals surface area contributed by atoms with Crippen LogP contribution in [0.1, 0.15) is 36.9 Å². The van der Waals surface area contributed by atoms with Crippen molar-refractivity contribution in [2.45, 2.75) is 37.6 Å². The van der Waals surface area contributed by atoms with Gasteiger partial charge < -0.3 is 10.6 Å². The molecule has 2 aromatic rings. The Hall–Kier alpha value is -2.13. The normalized spacial score (nSPS) is 11.8. The van der Waals surface area contributed by atoms with Gasteiger partial charge in [0.1, 0.15) is 0 Å². The topological polar surface area (TPSA) is 104 Å². The molecule has 2 heterocycles. The summed E-state index contributed by atoms with van der Waals surface area (Å²) in [4.78, 5) is 43.3. The quantitative estimate of drug-likeness (QED) is 0.539. The van der Waals surface area contributed by atoms with Gasteiger partial charge in [0.15, 0.2) is 16.7 Å². The number of H-pyrrole nitrogens is 1. The van der Waals surface area contributed by atoms with Gasteiger partial charge in [0.25, 0.3) is 11.5 Å². The number of rotatable bonds is 6. The molecule has 0 saturated heterocycles. The monoisotopic (exact) mass is 366 g/mol. The third-order valence-electron chi connectivity index (χ3n) is 3.06. The first-order valence-corrected chi connectivity index (χ1v) is 9.10. The summed E-state index contributed by atoms with van der Waals surface area (Å²) in [6, 6.07) is 3.38. The number of amides is 2. The third-order valence-corrected chi connectivity index (χ3v) is 5.08. The van der Waals surface area contributed by atoms with Crippen LogP contribution in [0.25, 0.3) is 0 Å². The number of aromatic amines is 1. The zero-order valence-electron chi connectivity index (χ0n) is 13.5. The van der Waals surface area contributed by atoms with E-state index in [-0.39, 0.29) is 22.7 Å². The van der Waals surface area contributed by atoms with Crippen LogP contribution in [0.15, 0.2) is 27.5 Å². The van der Waals surface area contributed by atoms with E-state index in [2.05, 4.69) is 20.6 Å². The van der Waals surface area contributed by atoms with E-state index in [1.807, 2.05) is 13.8 Å². The number of hydrogen-bond donors (Lipinski definition) is 3. The number of carbonyl (C=O) groups excluding carboxylic acids is 2. The van der Waals surface area contributed by atoms with E-state index >= 15 is 0 Å². The SMILES string of the molecule is CC[C@@H](C)Sc1nc(NC(C)=O)c(NC(=O)c2cccs2)c(=O)[nH]1. The van der Waals surface area contributed by atoms with Crippen LogP contribution in [0.4, 0.5) is 11.5 Å². The molecule has 0 saturated carbocycles. The van der Waals surface area contributed by atoms with Crippen LogP contribution in [-0.2, 0) is 4.79 Å². The molecular formula is C15H18N4O3S2. The van der Waals surface area contributed by atoms with Crippen molar-refractivity contribution >= 4 is 46.4 Å². The molecule has 9 heteroatoms. The summed E-state index contributed by atoms with van der Waals surface area (Å²) in [5.41, 5.74) is -0.582. The van der Waals surface area contributed by atoms with Crippen LogP contribution < -0.4 is 16.2 Å². The maximum Gasteiger partial charge on any atom is 0.277 e. The average molecular weight is 366 g/mol. The van der Waals surface area contributed by atoms with Crippen LogP contribution in [-0.4, -0.2) is 27.0 Å². The fourth-order valence-electron chi connectivity index (χ4n) is 1.74. The number of nitrogens with one attached hydrogen (secondary N) is 3. The molecule has 1 atom stereocenters. The van der Waals surface area contributed by atoms with E-state index in [0.717, 1.165) is 6.42 Å². The molecule has 0 aliphatic carbocycles. The van der Waals surface area contributed by atoms with Crippen LogP contribution in [0.5, 0.6) is 0 Å². The second-order valence-electron chi connectivity index (χ2n) is 5.04. The molecule has 0 radical (unpaired) electrons. The van der Waals surface area contributed by atoms with E-state index in [4.69, 9.17) is 0 Å². The molecule has 128 valence electrons. The van der Waals surface area contributed by atoms with Crippen LogP contribution in [0, 0.1) is 0 Å². The summed E-state index contributed by atoms with van der Waals surface area (Å²) in [6.07, 6.45) is 0.903. The first kappa shape index (κ1) is 18.2. The van der Waals surface area contributed by atoms with Crippen molar-refractivity contribution in [3.05, 3.63) is 32.7 Å². The van der Waals surface area contributed by atoms with Crippen LogP contribution >= 0.6 is 23.1 Å². The second-order valence-corrected chi connectivity index (χ2v) is 7.42. The minimum Gasteiger partial charge on any atom is -0.314 e. The van der Waals surface area contributed by atoms with Gasteiger partial charge in [-0.15, -0.1) is 11.3 Å². The Morgan fingerprint density at radius 2 is 2.17 bits per heavy atom. The molecule has 2 rings (SSSR count). The number of anilines is 2. The molecule has 2 aromatic heterocycles. The highest BCUT2D eigenvalue weighted by molar-refractivity contribution is 7.99. The minimum absolute atomic E-state index is 0.0435. The van der Waals surface area contributed by atoms with Gasteiger partial charge in [-0.3, -0.25) is 19.4 Å². The van der Waals surface area contributed by atoms with Gasteiger partial charge in [0.2, 0.25) is 5.91 Å². The zero-order chi connectivity index (χ0) is 17.7. The summed E-state index contributed by atoms with van der Waals surface area (Å²) < 4.78 is 0. The largest absolute Gasteiger partial charge is 0.314 e. The highest BCUT2D eigenvalue weighted by Gasteiger charge is 2.18. The Bertz CT molecular complexity index is 787. The number of nitrogens with zero attached hydrogens (tertiary/aromatic N) is 1. The maximum absolute atomic E-state index is 12.3. The van der Waals surface area contributed by atoms with E-state index in [9.17, 15) is 14.4 Å². The molecule has 24 heavy (non-hydrogen) atoms. The lowest BCUT2D eigenvalue weighted by atomic mass is 10.4. The van der Waals surface area contributed by atoms with Crippen LogP contribution in [0.2, 0.25) is 0 Å². The number of thiophene rings is 1. The van der Waals surface area contributed by atoms with Gasteiger partial charge >= 0.3 is 0 Å². The summed E-state index contributed by atoms with van der Waals surface area (Å²) in [7, 11) is 0. The first-order valence-electron chi connectivity index (χ1n) is 7.34. The Morgan fingerprint density at radius 3 is 2.75 bits per heavy atom. The van der Waals surface area contributed by atoms with Crippen molar-refractivity contribution < 1.29 is 9.59 Å². The first-order chi connectivity index (χ1) is 11.4. The molecule has 0 aliphatic heterocycles. The van der Waals surface area contributed by atoms with Gasteiger partial charge in [-0.2, -0.15) is 0 Å². The highest BCUT2D eigenvalue weighted by Crippen LogP contribution is 2.24. The Kier molecular flexibility index (Phi) is 6.16. The van der Waals surface area contributed by atoms with Crippen molar-refractivity contribution in [1.29, 1.82) is 0 Å². The van der Waals surface area contributed by atoms with Gasteiger partial charge in [-0.25, -0.2) is 4.98 Å². The fourth-order valence-corrected chi connectivity index (χ4v) is 3.20. The Morgan fingerprint density at radius 1 is 1.42 bits per heavy atom. The summed E-state index contributed by atoms with van der Waals surface area (Å²) in [5, 5.41) is 7.44. The fraction of sp³-hybridized carbons (Fsp3) is 0.333. The van der Waals surface area contributed by atoms with Crippen LogP contribution in [0.3, 0.4) is 0 Å². The van der Waals surface area contributed by atoms with Crippen molar-refractivity contribution in [3.63, 3.8) is 0 Å². The number of hydrogen-bond acceptors (Lipinski definition) is 6. The third kappa shape index (κ3) is 4.68. The number of thioether (sulfide) groups is 1. The zero-order valence-corrected chi connectivity index (χ0v) is 15.1. The summed E-state index contributed by atoms with van der Waals surface area (Å²) in [6.45, 7) is 5.35. The lowest BCUT2D eigenvalue weighted by Crippen LogP contribution is -2.24. The van der Waals surface area contributed by atoms with E-state index in [0.29, 0.717) is 10.0 Å². The van der Waals surface area contributed by atoms with Gasteiger partial charge in [-0.1, -0.05) is 31.7 Å². The molecule has 0 spiro atoms. The van der Waals surface area contributed by atoms with E-state index in [1.54, 1.807) is 17.5 Å². The number of carbonyl (C=O) groups is 2. The standard InChI is InChI=1S/C15H18N4O3S2/c1-4-8(2)24-15-18-12(16-9(3)20)11(14(22)19-15)17-13(21)10-6-5-7-23-10/h5-8H,4H2,1-3H3,(H,17,21)(H2,16,18,19,20,22)/t8-/m1/s1. The van der Waals surface area contributed by atoms with Crippen molar-refractivity contribution in [1.82, 2.24) is 9.97 Å². The Labute approximate surface area is 147 Å². The average Bonchev–Trinajstić information content (AvgIpc) is 3.04. The molecule has 3 N–H and O–H groups in total. The van der Waals surface area contributed by atoms with Gasteiger partial charge in [0, 0.05) is 12.2 Å². The summed E-state index contributed by atoms with van der Waals surface area (Å²) >= 11 is 2.65. The van der Waals surface area contributed by atoms with Crippen molar-refractivity contribution in [2.24, 2.45) is 0 Å². The second kappa shape index (κ2) is 8.11. The van der Waals surface area contributed by atoms with E-state index < -0.39 is 11.5 Å². The lowest BCUT2D eigenvalue weighted by Gasteiger charge is -2.12. The predicted molar refractivity (Wildman–Crippen MR) is 97.0 cm³/mol. The van der Waals surface area contributed by atoms with Gasteiger partial charge in [-0.05, 0) is 17.9 Å².